The van der Waals surface area contributed by atoms with Crippen LogP contribution in [0.25, 0.3) is 0 Å². The number of unbranched alkanes of at least 4 members (excludes halogenated alkanes) is 2. The van der Waals surface area contributed by atoms with E-state index in [9.17, 15) is 4.79 Å². The molecule has 8 atom stereocenters. The molecule has 0 aromatic heterocycles. The van der Waals surface area contributed by atoms with Crippen molar-refractivity contribution in [3.05, 3.63) is 11.6 Å². The molecule has 0 unspecified atom stereocenters. The Bertz CT molecular complexity index is 801. The van der Waals surface area contributed by atoms with Crippen LogP contribution in [0.4, 0.5) is 4.79 Å². The molecule has 0 aliphatic heterocycles. The van der Waals surface area contributed by atoms with Crippen molar-refractivity contribution in [1.82, 2.24) is 0 Å². The first kappa shape index (κ1) is 30.0. The summed E-state index contributed by atoms with van der Waals surface area (Å²) in [4.78, 5) is 12.5. The van der Waals surface area contributed by atoms with Gasteiger partial charge in [-0.1, -0.05) is 91.7 Å². The van der Waals surface area contributed by atoms with Gasteiger partial charge in [0.2, 0.25) is 0 Å². The molecule has 3 nitrogen and oxygen atoms in total. The summed E-state index contributed by atoms with van der Waals surface area (Å²) in [6.07, 6.45) is 22.5. The minimum atomic E-state index is -0.443. The molecule has 4 aliphatic carbocycles. The van der Waals surface area contributed by atoms with Gasteiger partial charge in [-0.2, -0.15) is 0 Å². The molecule has 0 bridgehead atoms. The first-order valence-electron chi connectivity index (χ1n) is 16.7. The van der Waals surface area contributed by atoms with E-state index in [4.69, 9.17) is 9.47 Å². The third-order valence-corrected chi connectivity index (χ3v) is 12.1. The zero-order valence-electron chi connectivity index (χ0n) is 25.9. The molecule has 0 aromatic carbocycles. The van der Waals surface area contributed by atoms with E-state index < -0.39 is 6.16 Å². The van der Waals surface area contributed by atoms with Gasteiger partial charge < -0.3 is 9.47 Å². The predicted molar refractivity (Wildman–Crippen MR) is 158 cm³/mol. The van der Waals surface area contributed by atoms with E-state index >= 15 is 0 Å². The van der Waals surface area contributed by atoms with Crippen LogP contribution in [0.2, 0.25) is 0 Å². The van der Waals surface area contributed by atoms with Gasteiger partial charge in [0.1, 0.15) is 6.10 Å². The van der Waals surface area contributed by atoms with Gasteiger partial charge >= 0.3 is 6.16 Å². The Morgan fingerprint density at radius 3 is 2.55 bits per heavy atom. The van der Waals surface area contributed by atoms with Crippen molar-refractivity contribution < 1.29 is 14.3 Å². The van der Waals surface area contributed by atoms with Crippen molar-refractivity contribution in [2.24, 2.45) is 46.3 Å². The van der Waals surface area contributed by atoms with Gasteiger partial charge in [0.05, 0.1) is 6.61 Å². The Kier molecular flexibility index (Phi) is 10.3. The van der Waals surface area contributed by atoms with E-state index in [1.807, 2.05) is 0 Å². The molecule has 0 aromatic rings. The van der Waals surface area contributed by atoms with Gasteiger partial charge in [-0.3, -0.25) is 0 Å². The van der Waals surface area contributed by atoms with Crippen LogP contribution < -0.4 is 0 Å². The highest BCUT2D eigenvalue weighted by atomic mass is 16.7. The molecule has 0 heterocycles. The summed E-state index contributed by atoms with van der Waals surface area (Å²) < 4.78 is 11.5. The Morgan fingerprint density at radius 1 is 1.00 bits per heavy atom. The molecular formula is C35H60O3. The lowest BCUT2D eigenvalue weighted by molar-refractivity contribution is -0.0570. The average molecular weight is 529 g/mol. The molecule has 218 valence electrons. The molecule has 3 heteroatoms. The van der Waals surface area contributed by atoms with Crippen LogP contribution in [0.3, 0.4) is 0 Å². The molecule has 38 heavy (non-hydrogen) atoms. The number of hydrogen-bond acceptors (Lipinski definition) is 3. The smallest absolute Gasteiger partial charge is 0.434 e. The van der Waals surface area contributed by atoms with Gasteiger partial charge in [0, 0.05) is 6.42 Å². The second kappa shape index (κ2) is 13.1. The lowest BCUT2D eigenvalue weighted by atomic mass is 9.47. The van der Waals surface area contributed by atoms with E-state index in [-0.39, 0.29) is 6.10 Å². The maximum absolute atomic E-state index is 12.5. The molecule has 4 rings (SSSR count). The fourth-order valence-electron chi connectivity index (χ4n) is 9.51. The molecule has 0 radical (unpaired) electrons. The van der Waals surface area contributed by atoms with Crippen molar-refractivity contribution in [3.63, 3.8) is 0 Å². The largest absolute Gasteiger partial charge is 0.508 e. The first-order valence-corrected chi connectivity index (χ1v) is 16.7. The molecule has 0 spiro atoms. The Labute approximate surface area is 235 Å². The molecule has 0 saturated heterocycles. The second-order valence-electron chi connectivity index (χ2n) is 14.7. The summed E-state index contributed by atoms with van der Waals surface area (Å²) in [5.41, 5.74) is 2.46. The van der Waals surface area contributed by atoms with E-state index in [1.165, 1.54) is 70.6 Å². The SMILES string of the molecule is CCCC[C@H](CC)COC(=O)O[C@H]1CC[C@@]2(C)C(=CC[C@@H]3[C@H]4CC[C@@H](CCCCC(C)C)[C@]4(C)CC[C@H]32)C1. The number of carbonyl (C=O) groups is 1. The lowest BCUT2D eigenvalue weighted by Gasteiger charge is -2.58. The van der Waals surface area contributed by atoms with Crippen LogP contribution in [0, 0.1) is 46.3 Å². The number of rotatable bonds is 12. The number of fused-ring (bicyclic) bond motifs is 5. The zero-order chi connectivity index (χ0) is 27.3. The van der Waals surface area contributed by atoms with Crippen molar-refractivity contribution in [2.75, 3.05) is 6.61 Å². The van der Waals surface area contributed by atoms with Gasteiger partial charge in [-0.15, -0.1) is 0 Å². The number of carbonyl (C=O) groups excluding carboxylic acids is 1. The summed E-state index contributed by atoms with van der Waals surface area (Å²) in [5, 5.41) is 0. The summed E-state index contributed by atoms with van der Waals surface area (Å²) in [6.45, 7) is 14.9. The molecule has 0 N–H and O–H groups in total. The highest BCUT2D eigenvalue weighted by molar-refractivity contribution is 5.60. The average Bonchev–Trinajstić information content (AvgIpc) is 3.23. The predicted octanol–water partition coefficient (Wildman–Crippen LogP) is 10.5. The van der Waals surface area contributed by atoms with Gasteiger partial charge in [-0.25, -0.2) is 4.79 Å². The van der Waals surface area contributed by atoms with Crippen molar-refractivity contribution in [3.8, 4) is 0 Å². The Balaban J connectivity index is 1.31. The van der Waals surface area contributed by atoms with Crippen LogP contribution in [0.1, 0.15) is 144 Å². The monoisotopic (exact) mass is 528 g/mol. The van der Waals surface area contributed by atoms with Crippen LogP contribution in [0.5, 0.6) is 0 Å². The summed E-state index contributed by atoms with van der Waals surface area (Å²) >= 11 is 0. The fourth-order valence-corrected chi connectivity index (χ4v) is 9.51. The highest BCUT2D eigenvalue weighted by Gasteiger charge is 2.58. The Hall–Kier alpha value is -0.990. The molecule has 0 amide bonds. The standard InChI is InChI=1S/C35H60O3/c1-7-9-13-26(8-2)24-37-33(36)38-29-19-21-35(6)28(23-29)15-17-30-31-18-16-27(14-11-10-12-25(3)4)34(31,5)22-20-32(30)35/h15,25-27,29-32H,7-14,16-24H2,1-6H3/t26-,27+,29-,30+,31+,32+,34-,35-/m0/s1. The van der Waals surface area contributed by atoms with Crippen molar-refractivity contribution >= 4 is 6.16 Å². The summed E-state index contributed by atoms with van der Waals surface area (Å²) in [5.74, 6) is 4.84. The number of ether oxygens (including phenoxy) is 2. The summed E-state index contributed by atoms with van der Waals surface area (Å²) in [7, 11) is 0. The van der Waals surface area contributed by atoms with E-state index in [1.54, 1.807) is 5.57 Å². The van der Waals surface area contributed by atoms with E-state index in [0.717, 1.165) is 61.7 Å². The van der Waals surface area contributed by atoms with Crippen LogP contribution in [0.15, 0.2) is 11.6 Å². The quantitative estimate of drug-likeness (QED) is 0.143. The van der Waals surface area contributed by atoms with Crippen LogP contribution in [-0.4, -0.2) is 18.9 Å². The van der Waals surface area contributed by atoms with E-state index in [2.05, 4.69) is 47.6 Å². The highest BCUT2D eigenvalue weighted by Crippen LogP contribution is 2.66. The lowest BCUT2D eigenvalue weighted by Crippen LogP contribution is -2.50. The van der Waals surface area contributed by atoms with Crippen molar-refractivity contribution in [1.29, 1.82) is 0 Å². The van der Waals surface area contributed by atoms with Gasteiger partial charge in [0.25, 0.3) is 0 Å². The summed E-state index contributed by atoms with van der Waals surface area (Å²) in [6, 6.07) is 0. The Morgan fingerprint density at radius 2 is 1.82 bits per heavy atom. The van der Waals surface area contributed by atoms with E-state index in [0.29, 0.717) is 23.4 Å². The van der Waals surface area contributed by atoms with Gasteiger partial charge in [0.15, 0.2) is 0 Å². The molecular weight excluding hydrogens is 468 g/mol. The maximum Gasteiger partial charge on any atom is 0.508 e. The number of hydrogen-bond donors (Lipinski definition) is 0. The topological polar surface area (TPSA) is 35.5 Å². The minimum absolute atomic E-state index is 0.00958. The zero-order valence-corrected chi connectivity index (χ0v) is 25.9. The third kappa shape index (κ3) is 6.49. The second-order valence-corrected chi connectivity index (χ2v) is 14.7. The normalized spacial score (nSPS) is 37.1. The first-order chi connectivity index (χ1) is 18.2. The van der Waals surface area contributed by atoms with Crippen LogP contribution >= 0.6 is 0 Å². The number of allylic oxidation sites excluding steroid dienone is 1. The molecule has 3 saturated carbocycles. The maximum atomic E-state index is 12.5. The van der Waals surface area contributed by atoms with Gasteiger partial charge in [-0.05, 0) is 104 Å². The molecule has 4 aliphatic rings. The van der Waals surface area contributed by atoms with Crippen LogP contribution in [-0.2, 0) is 9.47 Å². The third-order valence-electron chi connectivity index (χ3n) is 12.1. The van der Waals surface area contributed by atoms with Crippen molar-refractivity contribution in [2.45, 2.75) is 150 Å². The minimum Gasteiger partial charge on any atom is -0.434 e. The molecule has 3 fully saturated rings. The fraction of sp³-hybridized carbons (Fsp3) is 0.914.